The maximum atomic E-state index is 4.39. The van der Waals surface area contributed by atoms with Gasteiger partial charge in [0.15, 0.2) is 0 Å². The lowest BCUT2D eigenvalue weighted by molar-refractivity contribution is 0.356. The Labute approximate surface area is 113 Å². The largest absolute Gasteiger partial charge is 0.352 e. The van der Waals surface area contributed by atoms with Crippen LogP contribution in [0.25, 0.3) is 5.65 Å². The molecule has 0 amide bonds. The van der Waals surface area contributed by atoms with Gasteiger partial charge in [-0.3, -0.25) is 4.40 Å². The number of imidazole rings is 1. The quantitative estimate of drug-likeness (QED) is 0.844. The SMILES string of the molecule is CC1(C)C2CNCC2CN1c1cccc2nccn12. The Hall–Kier alpha value is -1.55. The van der Waals surface area contributed by atoms with Crippen LogP contribution in [0.4, 0.5) is 5.82 Å². The van der Waals surface area contributed by atoms with E-state index >= 15 is 0 Å². The van der Waals surface area contributed by atoms with Crippen LogP contribution in [0.15, 0.2) is 30.6 Å². The molecule has 0 bridgehead atoms. The fourth-order valence-electron chi connectivity index (χ4n) is 3.96. The molecule has 4 heteroatoms. The molecule has 2 fully saturated rings. The molecule has 4 nitrogen and oxygen atoms in total. The third-order valence-corrected chi connectivity index (χ3v) is 5.04. The first kappa shape index (κ1) is 11.3. The average molecular weight is 256 g/mol. The standard InChI is InChI=1S/C15H20N4/c1-15(2)12-9-16-8-11(12)10-19(15)14-5-3-4-13-17-6-7-18(13)14/h3-7,11-12,16H,8-10H2,1-2H3. The van der Waals surface area contributed by atoms with Crippen LogP contribution in [-0.2, 0) is 0 Å². The zero-order chi connectivity index (χ0) is 13.0. The summed E-state index contributed by atoms with van der Waals surface area (Å²) in [5, 5.41) is 3.54. The van der Waals surface area contributed by atoms with Gasteiger partial charge in [0.1, 0.15) is 11.5 Å². The van der Waals surface area contributed by atoms with Crippen molar-refractivity contribution in [1.82, 2.24) is 14.7 Å². The molecule has 0 saturated carbocycles. The summed E-state index contributed by atoms with van der Waals surface area (Å²) in [5.74, 6) is 2.79. The van der Waals surface area contributed by atoms with Gasteiger partial charge in [0.05, 0.1) is 0 Å². The molecule has 2 aromatic heterocycles. The van der Waals surface area contributed by atoms with Crippen molar-refractivity contribution in [3.63, 3.8) is 0 Å². The van der Waals surface area contributed by atoms with Gasteiger partial charge in [0, 0.05) is 37.6 Å². The summed E-state index contributed by atoms with van der Waals surface area (Å²) in [6.45, 7) is 8.20. The number of fused-ring (bicyclic) bond motifs is 2. The van der Waals surface area contributed by atoms with Gasteiger partial charge in [0.2, 0.25) is 0 Å². The Balaban J connectivity index is 1.82. The first-order chi connectivity index (χ1) is 9.18. The molecule has 2 aromatic rings. The lowest BCUT2D eigenvalue weighted by Crippen LogP contribution is -2.45. The minimum atomic E-state index is 0.201. The van der Waals surface area contributed by atoms with Crippen molar-refractivity contribution >= 4 is 11.5 Å². The Morgan fingerprint density at radius 3 is 3.05 bits per heavy atom. The van der Waals surface area contributed by atoms with Gasteiger partial charge in [-0.2, -0.15) is 0 Å². The maximum absolute atomic E-state index is 4.39. The van der Waals surface area contributed by atoms with E-state index in [1.807, 2.05) is 6.20 Å². The number of nitrogens with zero attached hydrogens (tertiary/aromatic N) is 3. The van der Waals surface area contributed by atoms with Crippen molar-refractivity contribution in [1.29, 1.82) is 0 Å². The Kier molecular flexibility index (Phi) is 2.22. The summed E-state index contributed by atoms with van der Waals surface area (Å²) in [7, 11) is 0. The fourth-order valence-corrected chi connectivity index (χ4v) is 3.96. The minimum absolute atomic E-state index is 0.201. The van der Waals surface area contributed by atoms with Gasteiger partial charge in [0.25, 0.3) is 0 Å². The Morgan fingerprint density at radius 2 is 2.21 bits per heavy atom. The van der Waals surface area contributed by atoms with E-state index in [0.717, 1.165) is 37.1 Å². The first-order valence-electron chi connectivity index (χ1n) is 7.08. The van der Waals surface area contributed by atoms with Crippen LogP contribution in [-0.4, -0.2) is 34.6 Å². The van der Waals surface area contributed by atoms with Gasteiger partial charge >= 0.3 is 0 Å². The smallest absolute Gasteiger partial charge is 0.138 e. The highest BCUT2D eigenvalue weighted by atomic mass is 15.3. The number of hydrogen-bond acceptors (Lipinski definition) is 3. The first-order valence-corrected chi connectivity index (χ1v) is 7.08. The molecule has 1 N–H and O–H groups in total. The number of rotatable bonds is 1. The third kappa shape index (κ3) is 1.46. The summed E-state index contributed by atoms with van der Waals surface area (Å²) in [6, 6.07) is 6.39. The van der Waals surface area contributed by atoms with E-state index in [1.54, 1.807) is 0 Å². The van der Waals surface area contributed by atoms with Crippen LogP contribution in [0.3, 0.4) is 0 Å². The molecule has 2 aliphatic rings. The van der Waals surface area contributed by atoms with Crippen molar-refractivity contribution in [3.8, 4) is 0 Å². The molecule has 4 rings (SSSR count). The molecule has 0 aromatic carbocycles. The summed E-state index contributed by atoms with van der Waals surface area (Å²) in [6.07, 6.45) is 3.94. The maximum Gasteiger partial charge on any atom is 0.138 e. The number of aromatic nitrogens is 2. The summed E-state index contributed by atoms with van der Waals surface area (Å²) >= 11 is 0. The molecule has 19 heavy (non-hydrogen) atoms. The monoisotopic (exact) mass is 256 g/mol. The lowest BCUT2D eigenvalue weighted by Gasteiger charge is -2.37. The van der Waals surface area contributed by atoms with Gasteiger partial charge in [-0.05, 0) is 37.8 Å². The lowest BCUT2D eigenvalue weighted by atomic mass is 9.85. The molecule has 2 unspecified atom stereocenters. The third-order valence-electron chi connectivity index (χ3n) is 5.04. The highest BCUT2D eigenvalue weighted by molar-refractivity contribution is 5.54. The second-order valence-electron chi connectivity index (χ2n) is 6.33. The Bertz CT molecular complexity index is 615. The van der Waals surface area contributed by atoms with E-state index in [9.17, 15) is 0 Å². The molecule has 0 radical (unpaired) electrons. The molecule has 2 aliphatic heterocycles. The second kappa shape index (κ2) is 3.73. The fraction of sp³-hybridized carbons (Fsp3) is 0.533. The van der Waals surface area contributed by atoms with E-state index < -0.39 is 0 Å². The van der Waals surface area contributed by atoms with Crippen LogP contribution >= 0.6 is 0 Å². The summed E-state index contributed by atoms with van der Waals surface area (Å²) in [5.41, 5.74) is 1.23. The minimum Gasteiger partial charge on any atom is -0.352 e. The van der Waals surface area contributed by atoms with Crippen molar-refractivity contribution in [3.05, 3.63) is 30.6 Å². The topological polar surface area (TPSA) is 32.6 Å². The molecular weight excluding hydrogens is 236 g/mol. The van der Waals surface area contributed by atoms with Gasteiger partial charge in [-0.15, -0.1) is 0 Å². The highest BCUT2D eigenvalue weighted by Crippen LogP contribution is 2.43. The van der Waals surface area contributed by atoms with E-state index in [0.29, 0.717) is 0 Å². The molecule has 0 aliphatic carbocycles. The summed E-state index contributed by atoms with van der Waals surface area (Å²) in [4.78, 5) is 6.96. The number of hydrogen-bond donors (Lipinski definition) is 1. The van der Waals surface area contributed by atoms with E-state index in [1.165, 1.54) is 5.82 Å². The molecule has 0 spiro atoms. The van der Waals surface area contributed by atoms with Gasteiger partial charge in [-0.1, -0.05) is 6.07 Å². The van der Waals surface area contributed by atoms with Crippen LogP contribution in [0.2, 0.25) is 0 Å². The Morgan fingerprint density at radius 1 is 1.32 bits per heavy atom. The normalized spacial score (nSPS) is 29.1. The zero-order valence-electron chi connectivity index (χ0n) is 11.5. The van der Waals surface area contributed by atoms with Crippen LogP contribution in [0, 0.1) is 11.8 Å². The predicted octanol–water partition coefficient (Wildman–Crippen LogP) is 1.77. The molecule has 2 atom stereocenters. The van der Waals surface area contributed by atoms with Crippen molar-refractivity contribution in [2.75, 3.05) is 24.5 Å². The molecule has 2 saturated heterocycles. The highest BCUT2D eigenvalue weighted by Gasteiger charge is 2.50. The second-order valence-corrected chi connectivity index (χ2v) is 6.33. The zero-order valence-corrected chi connectivity index (χ0v) is 11.5. The van der Waals surface area contributed by atoms with E-state index in [4.69, 9.17) is 0 Å². The predicted molar refractivity (Wildman–Crippen MR) is 76.5 cm³/mol. The molecule has 100 valence electrons. The van der Waals surface area contributed by atoms with E-state index in [2.05, 4.69) is 57.8 Å². The van der Waals surface area contributed by atoms with Crippen LogP contribution in [0.5, 0.6) is 0 Å². The summed E-state index contributed by atoms with van der Waals surface area (Å²) < 4.78 is 2.20. The van der Waals surface area contributed by atoms with Crippen molar-refractivity contribution in [2.45, 2.75) is 19.4 Å². The molecular formula is C15H20N4. The number of nitrogens with one attached hydrogen (secondary N) is 1. The average Bonchev–Trinajstić information content (AvgIpc) is 3.06. The van der Waals surface area contributed by atoms with Gasteiger partial charge in [-0.25, -0.2) is 4.98 Å². The molecule has 4 heterocycles. The number of anilines is 1. The number of pyridine rings is 1. The van der Waals surface area contributed by atoms with Crippen LogP contribution in [0.1, 0.15) is 13.8 Å². The van der Waals surface area contributed by atoms with E-state index in [-0.39, 0.29) is 5.54 Å². The van der Waals surface area contributed by atoms with Crippen molar-refractivity contribution in [2.24, 2.45) is 11.8 Å². The van der Waals surface area contributed by atoms with Crippen LogP contribution < -0.4 is 10.2 Å². The van der Waals surface area contributed by atoms with Crippen molar-refractivity contribution < 1.29 is 0 Å². The van der Waals surface area contributed by atoms with Gasteiger partial charge < -0.3 is 10.2 Å².